The smallest absolute Gasteiger partial charge is 0.127 e. The van der Waals surface area contributed by atoms with Crippen LogP contribution in [0.15, 0.2) is 18.2 Å². The van der Waals surface area contributed by atoms with E-state index in [0.29, 0.717) is 6.04 Å². The molecule has 0 saturated carbocycles. The average molecular weight is 236 g/mol. The van der Waals surface area contributed by atoms with Gasteiger partial charge in [-0.1, -0.05) is 6.07 Å². The van der Waals surface area contributed by atoms with E-state index in [-0.39, 0.29) is 0 Å². The zero-order valence-electron chi connectivity index (χ0n) is 10.7. The zero-order chi connectivity index (χ0) is 12.3. The lowest BCUT2D eigenvalue weighted by Crippen LogP contribution is -2.55. The molecule has 1 aliphatic heterocycles. The molecule has 1 aliphatic rings. The first-order chi connectivity index (χ1) is 8.24. The van der Waals surface area contributed by atoms with Crippen LogP contribution in [0, 0.1) is 0 Å². The molecule has 0 amide bonds. The third kappa shape index (κ3) is 2.70. The Kier molecular flexibility index (Phi) is 3.86. The average Bonchev–Trinajstić information content (AvgIpc) is 2.27. The van der Waals surface area contributed by atoms with Gasteiger partial charge in [-0.15, -0.1) is 0 Å². The molecule has 4 heteroatoms. The largest absolute Gasteiger partial charge is 0.497 e. The van der Waals surface area contributed by atoms with Crippen LogP contribution in [0.2, 0.25) is 0 Å². The van der Waals surface area contributed by atoms with Gasteiger partial charge in [0.1, 0.15) is 11.5 Å². The highest BCUT2D eigenvalue weighted by Crippen LogP contribution is 2.26. The van der Waals surface area contributed by atoms with Gasteiger partial charge in [0.15, 0.2) is 0 Å². The van der Waals surface area contributed by atoms with E-state index in [4.69, 9.17) is 9.47 Å². The van der Waals surface area contributed by atoms with E-state index >= 15 is 0 Å². The molecule has 0 radical (unpaired) electrons. The summed E-state index contributed by atoms with van der Waals surface area (Å²) in [5.41, 5.74) is 1.20. The molecule has 4 nitrogen and oxygen atoms in total. The number of methoxy groups -OCH3 is 2. The molecule has 0 spiro atoms. The highest BCUT2D eigenvalue weighted by molar-refractivity contribution is 5.40. The normalized spacial score (nSPS) is 15.8. The van der Waals surface area contributed by atoms with Crippen molar-refractivity contribution in [1.29, 1.82) is 0 Å². The van der Waals surface area contributed by atoms with Crippen molar-refractivity contribution in [3.63, 3.8) is 0 Å². The van der Waals surface area contributed by atoms with Gasteiger partial charge in [-0.3, -0.25) is 4.90 Å². The first-order valence-electron chi connectivity index (χ1n) is 5.86. The third-order valence-electron chi connectivity index (χ3n) is 3.30. The summed E-state index contributed by atoms with van der Waals surface area (Å²) in [6.07, 6.45) is 0. The first kappa shape index (κ1) is 12.2. The standard InChI is InChI=1S/C13H20N2O2/c1-15(11-7-14-8-11)9-10-4-5-12(16-2)6-13(10)17-3/h4-6,11,14H,7-9H2,1-3H3. The lowest BCUT2D eigenvalue weighted by Gasteiger charge is -2.35. The summed E-state index contributed by atoms with van der Waals surface area (Å²) in [5.74, 6) is 1.72. The summed E-state index contributed by atoms with van der Waals surface area (Å²) in [6.45, 7) is 3.06. The van der Waals surface area contributed by atoms with E-state index in [1.54, 1.807) is 14.2 Å². The number of benzene rings is 1. The maximum atomic E-state index is 5.40. The first-order valence-corrected chi connectivity index (χ1v) is 5.86. The molecule has 1 aromatic carbocycles. The van der Waals surface area contributed by atoms with E-state index in [9.17, 15) is 0 Å². The van der Waals surface area contributed by atoms with Crippen molar-refractivity contribution in [3.05, 3.63) is 23.8 Å². The van der Waals surface area contributed by atoms with Crippen LogP contribution >= 0.6 is 0 Å². The van der Waals surface area contributed by atoms with Gasteiger partial charge in [-0.2, -0.15) is 0 Å². The van der Waals surface area contributed by atoms with Crippen molar-refractivity contribution >= 4 is 0 Å². The summed E-state index contributed by atoms with van der Waals surface area (Å²) in [5, 5.41) is 3.28. The summed E-state index contributed by atoms with van der Waals surface area (Å²) in [7, 11) is 5.51. The second-order valence-corrected chi connectivity index (χ2v) is 4.40. The fourth-order valence-corrected chi connectivity index (χ4v) is 1.97. The Balaban J connectivity index is 2.08. The van der Waals surface area contributed by atoms with Crippen LogP contribution in [0.3, 0.4) is 0 Å². The number of hydrogen-bond donors (Lipinski definition) is 1. The quantitative estimate of drug-likeness (QED) is 0.830. The molecule has 0 unspecified atom stereocenters. The lowest BCUT2D eigenvalue weighted by molar-refractivity contribution is 0.171. The molecular formula is C13H20N2O2. The van der Waals surface area contributed by atoms with Crippen molar-refractivity contribution < 1.29 is 9.47 Å². The van der Waals surface area contributed by atoms with E-state index in [0.717, 1.165) is 31.1 Å². The second-order valence-electron chi connectivity index (χ2n) is 4.40. The third-order valence-corrected chi connectivity index (χ3v) is 3.30. The predicted octanol–water partition coefficient (Wildman–Crippen LogP) is 1.11. The van der Waals surface area contributed by atoms with Crippen LogP contribution in [0.5, 0.6) is 11.5 Å². The van der Waals surface area contributed by atoms with E-state index in [2.05, 4.69) is 23.3 Å². The van der Waals surface area contributed by atoms with Gasteiger partial charge in [-0.05, 0) is 13.1 Å². The number of nitrogens with zero attached hydrogens (tertiary/aromatic N) is 1. The molecule has 1 N–H and O–H groups in total. The number of likely N-dealkylation sites (N-methyl/N-ethyl adjacent to an activating group) is 1. The van der Waals surface area contributed by atoms with Gasteiger partial charge in [0, 0.05) is 37.3 Å². The molecule has 1 heterocycles. The van der Waals surface area contributed by atoms with Crippen LogP contribution in [0.4, 0.5) is 0 Å². The fourth-order valence-electron chi connectivity index (χ4n) is 1.97. The molecule has 1 fully saturated rings. The van der Waals surface area contributed by atoms with Gasteiger partial charge >= 0.3 is 0 Å². The Hall–Kier alpha value is -1.26. The highest BCUT2D eigenvalue weighted by atomic mass is 16.5. The van der Waals surface area contributed by atoms with Crippen LogP contribution in [-0.2, 0) is 6.54 Å². The van der Waals surface area contributed by atoms with Crippen molar-refractivity contribution in [2.75, 3.05) is 34.4 Å². The fraction of sp³-hybridized carbons (Fsp3) is 0.538. The van der Waals surface area contributed by atoms with Crippen molar-refractivity contribution in [1.82, 2.24) is 10.2 Å². The van der Waals surface area contributed by atoms with Gasteiger partial charge in [0.2, 0.25) is 0 Å². The summed E-state index contributed by atoms with van der Waals surface area (Å²) in [6, 6.07) is 6.62. The molecule has 0 aromatic heterocycles. The molecule has 94 valence electrons. The van der Waals surface area contributed by atoms with Gasteiger partial charge in [0.25, 0.3) is 0 Å². The zero-order valence-corrected chi connectivity index (χ0v) is 10.7. The van der Waals surface area contributed by atoms with Gasteiger partial charge in [-0.25, -0.2) is 0 Å². The number of nitrogens with one attached hydrogen (secondary N) is 1. The topological polar surface area (TPSA) is 33.7 Å². The molecule has 0 bridgehead atoms. The summed E-state index contributed by atoms with van der Waals surface area (Å²) < 4.78 is 10.6. The van der Waals surface area contributed by atoms with E-state index < -0.39 is 0 Å². The number of hydrogen-bond acceptors (Lipinski definition) is 4. The van der Waals surface area contributed by atoms with Crippen molar-refractivity contribution in [2.24, 2.45) is 0 Å². The maximum absolute atomic E-state index is 5.40. The Morgan fingerprint density at radius 1 is 1.29 bits per heavy atom. The molecule has 0 atom stereocenters. The lowest BCUT2D eigenvalue weighted by atomic mass is 10.1. The van der Waals surface area contributed by atoms with E-state index in [1.165, 1.54) is 5.56 Å². The molecule has 17 heavy (non-hydrogen) atoms. The van der Waals surface area contributed by atoms with Gasteiger partial charge < -0.3 is 14.8 Å². The molecular weight excluding hydrogens is 216 g/mol. The monoisotopic (exact) mass is 236 g/mol. The molecule has 0 aliphatic carbocycles. The maximum Gasteiger partial charge on any atom is 0.127 e. The molecule has 2 rings (SSSR count). The minimum absolute atomic E-state index is 0.641. The van der Waals surface area contributed by atoms with Crippen LogP contribution in [-0.4, -0.2) is 45.3 Å². The minimum Gasteiger partial charge on any atom is -0.497 e. The number of ether oxygens (including phenoxy) is 2. The van der Waals surface area contributed by atoms with Crippen molar-refractivity contribution in [2.45, 2.75) is 12.6 Å². The molecule has 1 saturated heterocycles. The Labute approximate surface area is 103 Å². The van der Waals surface area contributed by atoms with Crippen LogP contribution in [0.1, 0.15) is 5.56 Å². The Bertz CT molecular complexity index is 378. The summed E-state index contributed by atoms with van der Waals surface area (Å²) in [4.78, 5) is 2.35. The van der Waals surface area contributed by atoms with Crippen LogP contribution < -0.4 is 14.8 Å². The Morgan fingerprint density at radius 3 is 2.59 bits per heavy atom. The molecule has 1 aromatic rings. The Morgan fingerprint density at radius 2 is 2.06 bits per heavy atom. The van der Waals surface area contributed by atoms with E-state index in [1.807, 2.05) is 12.1 Å². The van der Waals surface area contributed by atoms with Crippen molar-refractivity contribution in [3.8, 4) is 11.5 Å². The summed E-state index contributed by atoms with van der Waals surface area (Å²) >= 11 is 0. The minimum atomic E-state index is 0.641. The second kappa shape index (κ2) is 5.38. The van der Waals surface area contributed by atoms with Gasteiger partial charge in [0.05, 0.1) is 14.2 Å². The predicted molar refractivity (Wildman–Crippen MR) is 67.7 cm³/mol. The van der Waals surface area contributed by atoms with Crippen LogP contribution in [0.25, 0.3) is 0 Å². The highest BCUT2D eigenvalue weighted by Gasteiger charge is 2.22. The number of rotatable bonds is 5. The SMILES string of the molecule is COc1ccc(CN(C)C2CNC2)c(OC)c1.